The Morgan fingerprint density at radius 1 is 1.21 bits per heavy atom. The molecule has 0 aromatic heterocycles. The van der Waals surface area contributed by atoms with Gasteiger partial charge in [-0.25, -0.2) is 0 Å². The van der Waals surface area contributed by atoms with Gasteiger partial charge >= 0.3 is 0 Å². The number of carbonyl (C=O) groups is 2. The molecule has 4 heteroatoms. The Bertz CT molecular complexity index is 326. The second-order valence-electron chi connectivity index (χ2n) is 6.25. The fourth-order valence-electron chi connectivity index (χ4n) is 2.52. The monoisotopic (exact) mass is 268 g/mol. The first kappa shape index (κ1) is 16.0. The lowest BCUT2D eigenvalue weighted by Crippen LogP contribution is -2.53. The van der Waals surface area contributed by atoms with Gasteiger partial charge in [0.25, 0.3) is 0 Å². The first-order valence-electron chi connectivity index (χ1n) is 7.43. The van der Waals surface area contributed by atoms with Crippen molar-refractivity contribution in [2.24, 2.45) is 17.8 Å². The van der Waals surface area contributed by atoms with Crippen molar-refractivity contribution in [3.63, 3.8) is 0 Å². The van der Waals surface area contributed by atoms with Gasteiger partial charge in [0.05, 0.1) is 0 Å². The summed E-state index contributed by atoms with van der Waals surface area (Å²) in [5, 5.41) is 3.08. The largest absolute Gasteiger partial charge is 0.351 e. The summed E-state index contributed by atoms with van der Waals surface area (Å²) in [5.41, 5.74) is 0. The number of nitrogens with one attached hydrogen (secondary N) is 1. The third-order valence-corrected chi connectivity index (χ3v) is 3.95. The number of amides is 2. The van der Waals surface area contributed by atoms with E-state index >= 15 is 0 Å². The van der Waals surface area contributed by atoms with Gasteiger partial charge in [-0.3, -0.25) is 9.59 Å². The molecule has 19 heavy (non-hydrogen) atoms. The molecule has 1 saturated heterocycles. The van der Waals surface area contributed by atoms with E-state index in [1.54, 1.807) is 0 Å². The zero-order valence-corrected chi connectivity index (χ0v) is 12.9. The Kier molecular flexibility index (Phi) is 5.83. The van der Waals surface area contributed by atoms with Crippen molar-refractivity contribution in [2.45, 2.75) is 53.5 Å². The van der Waals surface area contributed by atoms with E-state index in [1.165, 1.54) is 0 Å². The molecule has 0 aromatic carbocycles. The van der Waals surface area contributed by atoms with E-state index < -0.39 is 0 Å². The van der Waals surface area contributed by atoms with E-state index in [0.29, 0.717) is 24.8 Å². The molecule has 0 saturated carbocycles. The summed E-state index contributed by atoms with van der Waals surface area (Å²) in [6, 6.07) is 0.103. The lowest BCUT2D eigenvalue weighted by molar-refractivity contribution is -0.135. The van der Waals surface area contributed by atoms with Gasteiger partial charge in [-0.2, -0.15) is 0 Å². The average molecular weight is 268 g/mol. The van der Waals surface area contributed by atoms with Crippen molar-refractivity contribution in [1.29, 1.82) is 0 Å². The fraction of sp³-hybridized carbons (Fsp3) is 0.867. The van der Waals surface area contributed by atoms with Crippen LogP contribution in [-0.2, 0) is 9.59 Å². The van der Waals surface area contributed by atoms with Crippen LogP contribution >= 0.6 is 0 Å². The molecule has 0 spiro atoms. The second kappa shape index (κ2) is 6.92. The van der Waals surface area contributed by atoms with Gasteiger partial charge in [0, 0.05) is 31.5 Å². The molecular formula is C15H28N2O2. The van der Waals surface area contributed by atoms with Crippen LogP contribution in [-0.4, -0.2) is 35.8 Å². The van der Waals surface area contributed by atoms with E-state index in [0.717, 1.165) is 13.0 Å². The van der Waals surface area contributed by atoms with E-state index in [9.17, 15) is 9.59 Å². The van der Waals surface area contributed by atoms with E-state index in [2.05, 4.69) is 19.2 Å². The summed E-state index contributed by atoms with van der Waals surface area (Å²) in [6.07, 6.45) is 1.51. The van der Waals surface area contributed by atoms with Gasteiger partial charge < -0.3 is 10.2 Å². The normalized spacial score (nSPS) is 23.8. The Labute approximate surface area is 116 Å². The molecular weight excluding hydrogens is 240 g/mol. The maximum atomic E-state index is 11.9. The number of rotatable bonds is 4. The quantitative estimate of drug-likeness (QED) is 0.848. The Balaban J connectivity index is 2.70. The summed E-state index contributed by atoms with van der Waals surface area (Å²) in [4.78, 5) is 25.6. The van der Waals surface area contributed by atoms with Crippen LogP contribution < -0.4 is 5.32 Å². The molecule has 0 aliphatic carbocycles. The molecule has 1 N–H and O–H groups in total. The van der Waals surface area contributed by atoms with Crippen LogP contribution in [0.5, 0.6) is 0 Å². The molecule has 4 nitrogen and oxygen atoms in total. The van der Waals surface area contributed by atoms with Crippen LogP contribution in [0.2, 0.25) is 0 Å². The maximum Gasteiger partial charge on any atom is 0.222 e. The highest BCUT2D eigenvalue weighted by atomic mass is 16.2. The SMILES string of the molecule is CCC(=O)N1CC(NC(=O)C(C)C)CC(C(C)C)C1. The average Bonchev–Trinajstić information content (AvgIpc) is 2.37. The predicted octanol–water partition coefficient (Wildman–Crippen LogP) is 2.04. The van der Waals surface area contributed by atoms with E-state index in [1.807, 2.05) is 25.7 Å². The van der Waals surface area contributed by atoms with Crippen molar-refractivity contribution in [3.8, 4) is 0 Å². The zero-order valence-electron chi connectivity index (χ0n) is 12.9. The minimum atomic E-state index is -0.00486. The van der Waals surface area contributed by atoms with Crippen molar-refractivity contribution in [1.82, 2.24) is 10.2 Å². The standard InChI is InChI=1S/C15H28N2O2/c1-6-14(18)17-8-12(10(2)3)7-13(9-17)16-15(19)11(4)5/h10-13H,6-9H2,1-5H3,(H,16,19). The van der Waals surface area contributed by atoms with Gasteiger partial charge in [0.15, 0.2) is 0 Å². The van der Waals surface area contributed by atoms with Crippen LogP contribution in [0.4, 0.5) is 0 Å². The van der Waals surface area contributed by atoms with Crippen LogP contribution in [0.25, 0.3) is 0 Å². The van der Waals surface area contributed by atoms with Crippen molar-refractivity contribution in [2.75, 3.05) is 13.1 Å². The highest BCUT2D eigenvalue weighted by Crippen LogP contribution is 2.24. The van der Waals surface area contributed by atoms with E-state index in [4.69, 9.17) is 0 Å². The third kappa shape index (κ3) is 4.51. The minimum absolute atomic E-state index is 0.00486. The molecule has 0 aromatic rings. The number of carbonyl (C=O) groups excluding carboxylic acids is 2. The first-order valence-corrected chi connectivity index (χ1v) is 7.43. The molecule has 2 amide bonds. The third-order valence-electron chi connectivity index (χ3n) is 3.95. The van der Waals surface area contributed by atoms with Crippen LogP contribution in [0.1, 0.15) is 47.5 Å². The number of piperidine rings is 1. The number of hydrogen-bond acceptors (Lipinski definition) is 2. The lowest BCUT2D eigenvalue weighted by Gasteiger charge is -2.40. The highest BCUT2D eigenvalue weighted by molar-refractivity contribution is 5.79. The molecule has 2 unspecified atom stereocenters. The first-order chi connectivity index (χ1) is 8.85. The van der Waals surface area contributed by atoms with Crippen molar-refractivity contribution in [3.05, 3.63) is 0 Å². The van der Waals surface area contributed by atoms with Crippen LogP contribution in [0.15, 0.2) is 0 Å². The maximum absolute atomic E-state index is 11.9. The molecule has 1 aliphatic heterocycles. The summed E-state index contributed by atoms with van der Waals surface area (Å²) in [5.74, 6) is 1.27. The number of nitrogens with zero attached hydrogens (tertiary/aromatic N) is 1. The molecule has 1 fully saturated rings. The summed E-state index contributed by atoms with van der Waals surface area (Å²) >= 11 is 0. The summed E-state index contributed by atoms with van der Waals surface area (Å²) in [6.45, 7) is 11.5. The van der Waals surface area contributed by atoms with Crippen LogP contribution in [0.3, 0.4) is 0 Å². The second-order valence-corrected chi connectivity index (χ2v) is 6.25. The zero-order chi connectivity index (χ0) is 14.6. The topological polar surface area (TPSA) is 49.4 Å². The fourth-order valence-corrected chi connectivity index (χ4v) is 2.52. The van der Waals surface area contributed by atoms with Gasteiger partial charge in [0.1, 0.15) is 0 Å². The van der Waals surface area contributed by atoms with Gasteiger partial charge in [-0.05, 0) is 18.3 Å². The number of likely N-dealkylation sites (tertiary alicyclic amines) is 1. The molecule has 1 rings (SSSR count). The van der Waals surface area contributed by atoms with E-state index in [-0.39, 0.29) is 23.8 Å². The molecule has 1 heterocycles. The predicted molar refractivity (Wildman–Crippen MR) is 76.6 cm³/mol. The minimum Gasteiger partial charge on any atom is -0.351 e. The lowest BCUT2D eigenvalue weighted by atomic mass is 9.85. The number of hydrogen-bond donors (Lipinski definition) is 1. The highest BCUT2D eigenvalue weighted by Gasteiger charge is 2.31. The van der Waals surface area contributed by atoms with Crippen LogP contribution in [0, 0.1) is 17.8 Å². The van der Waals surface area contributed by atoms with Gasteiger partial charge in [0.2, 0.25) is 11.8 Å². The van der Waals surface area contributed by atoms with Gasteiger partial charge in [-0.1, -0.05) is 34.6 Å². The van der Waals surface area contributed by atoms with Crippen molar-refractivity contribution >= 4 is 11.8 Å². The molecule has 2 atom stereocenters. The molecule has 0 bridgehead atoms. The Morgan fingerprint density at radius 2 is 1.84 bits per heavy atom. The smallest absolute Gasteiger partial charge is 0.222 e. The molecule has 1 aliphatic rings. The Hall–Kier alpha value is -1.06. The molecule has 0 radical (unpaired) electrons. The molecule has 110 valence electrons. The summed E-state index contributed by atoms with van der Waals surface area (Å²) in [7, 11) is 0. The Morgan fingerprint density at radius 3 is 2.32 bits per heavy atom. The summed E-state index contributed by atoms with van der Waals surface area (Å²) < 4.78 is 0. The van der Waals surface area contributed by atoms with Crippen molar-refractivity contribution < 1.29 is 9.59 Å². The van der Waals surface area contributed by atoms with Gasteiger partial charge in [-0.15, -0.1) is 0 Å².